The van der Waals surface area contributed by atoms with Crippen LogP contribution in [-0.4, -0.2) is 19.1 Å². The van der Waals surface area contributed by atoms with Gasteiger partial charge in [-0.3, -0.25) is 10.1 Å². The molecule has 0 aliphatic carbocycles. The van der Waals surface area contributed by atoms with Crippen molar-refractivity contribution in [3.05, 3.63) is 71.5 Å². The lowest BCUT2D eigenvalue weighted by molar-refractivity contribution is -0.142. The standard InChI is InChI=1S/C17H18FNO2/c1-12(17(20)21-2)19-16(13-6-4-3-5-7-13)14-8-10-15(18)11-9-14/h3-12,16,19H,1-2H3/t12-,16?/m0/s1. The number of hydrogen-bond donors (Lipinski definition) is 1. The van der Waals surface area contributed by atoms with Gasteiger partial charge in [0.1, 0.15) is 11.9 Å². The summed E-state index contributed by atoms with van der Waals surface area (Å²) in [5.41, 5.74) is 1.89. The van der Waals surface area contributed by atoms with E-state index in [1.807, 2.05) is 30.3 Å². The summed E-state index contributed by atoms with van der Waals surface area (Å²) in [6.45, 7) is 1.74. The molecule has 0 aliphatic rings. The quantitative estimate of drug-likeness (QED) is 0.859. The largest absolute Gasteiger partial charge is 0.468 e. The Kier molecular flexibility index (Phi) is 5.06. The van der Waals surface area contributed by atoms with Crippen molar-refractivity contribution in [1.82, 2.24) is 5.32 Å². The molecule has 1 N–H and O–H groups in total. The minimum absolute atomic E-state index is 0.208. The number of halogens is 1. The molecule has 0 amide bonds. The van der Waals surface area contributed by atoms with Crippen LogP contribution < -0.4 is 5.32 Å². The Morgan fingerprint density at radius 3 is 2.19 bits per heavy atom. The van der Waals surface area contributed by atoms with Gasteiger partial charge in [0.2, 0.25) is 0 Å². The topological polar surface area (TPSA) is 38.3 Å². The molecule has 0 aromatic heterocycles. The molecule has 4 heteroatoms. The smallest absolute Gasteiger partial charge is 0.322 e. The highest BCUT2D eigenvalue weighted by atomic mass is 19.1. The first-order chi connectivity index (χ1) is 10.1. The van der Waals surface area contributed by atoms with E-state index in [9.17, 15) is 9.18 Å². The zero-order valence-electron chi connectivity index (χ0n) is 12.0. The molecule has 0 radical (unpaired) electrons. The number of carbonyl (C=O) groups excluding carboxylic acids is 1. The van der Waals surface area contributed by atoms with Crippen molar-refractivity contribution in [2.24, 2.45) is 0 Å². The summed E-state index contributed by atoms with van der Waals surface area (Å²) in [5.74, 6) is -0.621. The van der Waals surface area contributed by atoms with E-state index in [2.05, 4.69) is 5.32 Å². The second kappa shape index (κ2) is 6.99. The van der Waals surface area contributed by atoms with Gasteiger partial charge in [-0.2, -0.15) is 0 Å². The average molecular weight is 287 g/mol. The molecule has 2 aromatic carbocycles. The summed E-state index contributed by atoms with van der Waals surface area (Å²) in [7, 11) is 1.36. The molecule has 2 rings (SSSR count). The van der Waals surface area contributed by atoms with E-state index in [-0.39, 0.29) is 17.8 Å². The van der Waals surface area contributed by atoms with E-state index in [1.165, 1.54) is 19.2 Å². The summed E-state index contributed by atoms with van der Waals surface area (Å²) in [4.78, 5) is 11.6. The van der Waals surface area contributed by atoms with Crippen LogP contribution in [0.5, 0.6) is 0 Å². The molecule has 0 bridgehead atoms. The number of esters is 1. The van der Waals surface area contributed by atoms with Gasteiger partial charge in [0, 0.05) is 0 Å². The van der Waals surface area contributed by atoms with Gasteiger partial charge in [-0.1, -0.05) is 42.5 Å². The second-order valence-corrected chi connectivity index (χ2v) is 4.81. The first-order valence-corrected chi connectivity index (χ1v) is 6.76. The van der Waals surface area contributed by atoms with Crippen LogP contribution in [0.15, 0.2) is 54.6 Å². The average Bonchev–Trinajstić information content (AvgIpc) is 2.53. The van der Waals surface area contributed by atoms with E-state index >= 15 is 0 Å². The maximum Gasteiger partial charge on any atom is 0.322 e. The highest BCUT2D eigenvalue weighted by molar-refractivity contribution is 5.75. The Morgan fingerprint density at radius 2 is 1.62 bits per heavy atom. The molecule has 110 valence electrons. The molecule has 2 aromatic rings. The van der Waals surface area contributed by atoms with Gasteiger partial charge in [-0.05, 0) is 30.2 Å². The van der Waals surface area contributed by atoms with E-state index < -0.39 is 6.04 Å². The van der Waals surface area contributed by atoms with Gasteiger partial charge in [0.05, 0.1) is 13.2 Å². The molecular formula is C17H18FNO2. The predicted molar refractivity (Wildman–Crippen MR) is 79.3 cm³/mol. The Bertz CT molecular complexity index is 583. The van der Waals surface area contributed by atoms with E-state index in [1.54, 1.807) is 19.1 Å². The van der Waals surface area contributed by atoms with Gasteiger partial charge in [0.15, 0.2) is 0 Å². The first-order valence-electron chi connectivity index (χ1n) is 6.76. The van der Waals surface area contributed by atoms with Crippen LogP contribution in [0.25, 0.3) is 0 Å². The van der Waals surface area contributed by atoms with Crippen molar-refractivity contribution in [1.29, 1.82) is 0 Å². The first kappa shape index (κ1) is 15.2. The van der Waals surface area contributed by atoms with Crippen LogP contribution in [0.1, 0.15) is 24.1 Å². The van der Waals surface area contributed by atoms with Gasteiger partial charge in [-0.15, -0.1) is 0 Å². The third kappa shape index (κ3) is 3.89. The molecule has 0 saturated heterocycles. The Hall–Kier alpha value is -2.20. The van der Waals surface area contributed by atoms with Gasteiger partial charge in [0.25, 0.3) is 0 Å². The Balaban J connectivity index is 2.31. The predicted octanol–water partition coefficient (Wildman–Crippen LogP) is 3.07. The second-order valence-electron chi connectivity index (χ2n) is 4.81. The Morgan fingerprint density at radius 1 is 1.05 bits per heavy atom. The molecule has 21 heavy (non-hydrogen) atoms. The van der Waals surface area contributed by atoms with Gasteiger partial charge in [-0.25, -0.2) is 4.39 Å². The molecule has 0 spiro atoms. The molecule has 2 atom stereocenters. The van der Waals surface area contributed by atoms with E-state index in [4.69, 9.17) is 4.74 Å². The number of ether oxygens (including phenoxy) is 1. The van der Waals surface area contributed by atoms with Crippen LogP contribution in [-0.2, 0) is 9.53 Å². The summed E-state index contributed by atoms with van der Waals surface area (Å²) in [6.07, 6.45) is 0. The van der Waals surface area contributed by atoms with Crippen molar-refractivity contribution in [2.75, 3.05) is 7.11 Å². The van der Waals surface area contributed by atoms with Crippen LogP contribution in [0.2, 0.25) is 0 Å². The van der Waals surface area contributed by atoms with Crippen LogP contribution in [0.3, 0.4) is 0 Å². The Labute approximate surface area is 123 Å². The maximum atomic E-state index is 13.1. The van der Waals surface area contributed by atoms with Crippen molar-refractivity contribution < 1.29 is 13.9 Å². The van der Waals surface area contributed by atoms with Gasteiger partial charge >= 0.3 is 5.97 Å². The van der Waals surface area contributed by atoms with E-state index in [0.717, 1.165) is 11.1 Å². The lowest BCUT2D eigenvalue weighted by Crippen LogP contribution is -2.38. The lowest BCUT2D eigenvalue weighted by atomic mass is 9.98. The molecular weight excluding hydrogens is 269 g/mol. The SMILES string of the molecule is COC(=O)[C@H](C)NC(c1ccccc1)c1ccc(F)cc1. The van der Waals surface area contributed by atoms with Crippen molar-refractivity contribution in [3.8, 4) is 0 Å². The zero-order chi connectivity index (χ0) is 15.2. The normalized spacial score (nSPS) is 13.5. The number of nitrogens with one attached hydrogen (secondary N) is 1. The number of benzene rings is 2. The highest BCUT2D eigenvalue weighted by Crippen LogP contribution is 2.23. The summed E-state index contributed by atoms with van der Waals surface area (Å²) < 4.78 is 17.8. The molecule has 0 heterocycles. The monoisotopic (exact) mass is 287 g/mol. The fourth-order valence-corrected chi connectivity index (χ4v) is 2.18. The molecule has 0 fully saturated rings. The van der Waals surface area contributed by atoms with Crippen LogP contribution >= 0.6 is 0 Å². The summed E-state index contributed by atoms with van der Waals surface area (Å²) in [6, 6.07) is 15.3. The lowest BCUT2D eigenvalue weighted by Gasteiger charge is -2.23. The molecule has 1 unspecified atom stereocenters. The van der Waals surface area contributed by atoms with Crippen molar-refractivity contribution in [2.45, 2.75) is 19.0 Å². The minimum Gasteiger partial charge on any atom is -0.468 e. The molecule has 0 saturated carbocycles. The third-order valence-corrected chi connectivity index (χ3v) is 3.31. The zero-order valence-corrected chi connectivity index (χ0v) is 12.0. The fourth-order valence-electron chi connectivity index (χ4n) is 2.18. The third-order valence-electron chi connectivity index (χ3n) is 3.31. The summed E-state index contributed by atoms with van der Waals surface area (Å²) in [5, 5.41) is 3.22. The maximum absolute atomic E-state index is 13.1. The summed E-state index contributed by atoms with van der Waals surface area (Å²) >= 11 is 0. The van der Waals surface area contributed by atoms with Crippen molar-refractivity contribution >= 4 is 5.97 Å². The van der Waals surface area contributed by atoms with Crippen LogP contribution in [0, 0.1) is 5.82 Å². The number of rotatable bonds is 5. The van der Waals surface area contributed by atoms with Crippen LogP contribution in [0.4, 0.5) is 4.39 Å². The number of methoxy groups -OCH3 is 1. The fraction of sp³-hybridized carbons (Fsp3) is 0.235. The van der Waals surface area contributed by atoms with E-state index in [0.29, 0.717) is 0 Å². The number of hydrogen-bond acceptors (Lipinski definition) is 3. The van der Waals surface area contributed by atoms with Gasteiger partial charge < -0.3 is 4.74 Å². The highest BCUT2D eigenvalue weighted by Gasteiger charge is 2.21. The van der Waals surface area contributed by atoms with Crippen molar-refractivity contribution in [3.63, 3.8) is 0 Å². The minimum atomic E-state index is -0.467. The number of carbonyl (C=O) groups is 1. The molecule has 3 nitrogen and oxygen atoms in total. The molecule has 0 aliphatic heterocycles.